The average Bonchev–Trinajstić information content (AvgIpc) is 2.52. The van der Waals surface area contributed by atoms with Gasteiger partial charge < -0.3 is 10.1 Å². The Bertz CT molecular complexity index is 608. The van der Waals surface area contributed by atoms with Crippen LogP contribution in [0.5, 0.6) is 5.75 Å². The zero-order chi connectivity index (χ0) is 15.9. The van der Waals surface area contributed by atoms with Gasteiger partial charge in [-0.25, -0.2) is 0 Å². The quantitative estimate of drug-likeness (QED) is 0.832. The summed E-state index contributed by atoms with van der Waals surface area (Å²) in [6.07, 6.45) is 0. The first kappa shape index (κ1) is 16.5. The molecule has 0 aliphatic carbocycles. The predicted octanol–water partition coefficient (Wildman–Crippen LogP) is 4.20. The van der Waals surface area contributed by atoms with Crippen molar-refractivity contribution in [2.75, 3.05) is 13.2 Å². The van der Waals surface area contributed by atoms with Gasteiger partial charge in [0.1, 0.15) is 5.75 Å². The van der Waals surface area contributed by atoms with E-state index in [1.807, 2.05) is 12.1 Å². The number of pyridine rings is 1. The van der Waals surface area contributed by atoms with Crippen LogP contribution in [0.25, 0.3) is 11.3 Å². The molecule has 0 spiro atoms. The summed E-state index contributed by atoms with van der Waals surface area (Å²) >= 11 is 0. The molecule has 1 heterocycles. The first-order chi connectivity index (χ1) is 10.6. The number of nitrogens with one attached hydrogen (secondary N) is 1. The van der Waals surface area contributed by atoms with Crippen LogP contribution in [0.15, 0.2) is 36.4 Å². The second-order valence-electron chi connectivity index (χ2n) is 5.95. The van der Waals surface area contributed by atoms with E-state index in [2.05, 4.69) is 57.3 Å². The van der Waals surface area contributed by atoms with Crippen LogP contribution in [-0.2, 0) is 6.54 Å². The predicted molar refractivity (Wildman–Crippen MR) is 92.1 cm³/mol. The molecule has 0 radical (unpaired) electrons. The molecule has 0 atom stereocenters. The van der Waals surface area contributed by atoms with Gasteiger partial charge >= 0.3 is 0 Å². The molecule has 2 aromatic rings. The van der Waals surface area contributed by atoms with Gasteiger partial charge in [-0.3, -0.25) is 4.98 Å². The van der Waals surface area contributed by atoms with Crippen molar-refractivity contribution < 1.29 is 4.74 Å². The molecular formula is C19H26N2O. The van der Waals surface area contributed by atoms with Crippen LogP contribution in [0.2, 0.25) is 0 Å². The van der Waals surface area contributed by atoms with Gasteiger partial charge in [0.15, 0.2) is 0 Å². The van der Waals surface area contributed by atoms with Gasteiger partial charge in [0.05, 0.1) is 12.3 Å². The summed E-state index contributed by atoms with van der Waals surface area (Å²) in [6, 6.07) is 12.4. The fourth-order valence-corrected chi connectivity index (χ4v) is 2.21. The monoisotopic (exact) mass is 298 g/mol. The van der Waals surface area contributed by atoms with Gasteiger partial charge in [0.2, 0.25) is 0 Å². The summed E-state index contributed by atoms with van der Waals surface area (Å²) in [5.74, 6) is 1.43. The van der Waals surface area contributed by atoms with E-state index in [0.717, 1.165) is 42.4 Å². The minimum Gasteiger partial charge on any atom is -0.493 e. The molecule has 1 aromatic heterocycles. The number of benzene rings is 1. The molecule has 0 fully saturated rings. The fourth-order valence-electron chi connectivity index (χ4n) is 2.21. The summed E-state index contributed by atoms with van der Waals surface area (Å²) < 4.78 is 5.80. The molecule has 22 heavy (non-hydrogen) atoms. The topological polar surface area (TPSA) is 34.1 Å². The Balaban J connectivity index is 2.17. The van der Waals surface area contributed by atoms with E-state index < -0.39 is 0 Å². The average molecular weight is 298 g/mol. The molecule has 0 aliphatic rings. The maximum absolute atomic E-state index is 5.80. The maximum Gasteiger partial charge on any atom is 0.119 e. The Hall–Kier alpha value is -1.87. The van der Waals surface area contributed by atoms with E-state index in [0.29, 0.717) is 5.92 Å². The lowest BCUT2D eigenvalue weighted by Gasteiger charge is -2.11. The fraction of sp³-hybridized carbons (Fsp3) is 0.421. The van der Waals surface area contributed by atoms with Crippen LogP contribution in [0.3, 0.4) is 0 Å². The Morgan fingerprint density at radius 3 is 2.68 bits per heavy atom. The Morgan fingerprint density at radius 1 is 1.18 bits per heavy atom. The summed E-state index contributed by atoms with van der Waals surface area (Å²) in [5.41, 5.74) is 4.41. The van der Waals surface area contributed by atoms with Crippen LogP contribution >= 0.6 is 0 Å². The molecule has 0 amide bonds. The van der Waals surface area contributed by atoms with Crippen molar-refractivity contribution in [3.63, 3.8) is 0 Å². The first-order valence-corrected chi connectivity index (χ1v) is 8.00. The lowest BCUT2D eigenvalue weighted by Crippen LogP contribution is -2.13. The van der Waals surface area contributed by atoms with Crippen LogP contribution < -0.4 is 10.1 Å². The van der Waals surface area contributed by atoms with E-state index in [-0.39, 0.29) is 0 Å². The summed E-state index contributed by atoms with van der Waals surface area (Å²) in [4.78, 5) is 4.74. The zero-order valence-electron chi connectivity index (χ0n) is 14.0. The van der Waals surface area contributed by atoms with Gasteiger partial charge in [-0.2, -0.15) is 0 Å². The van der Waals surface area contributed by atoms with Crippen LogP contribution in [-0.4, -0.2) is 18.1 Å². The third-order valence-corrected chi connectivity index (χ3v) is 3.47. The molecule has 0 aliphatic heterocycles. The molecule has 3 nitrogen and oxygen atoms in total. The van der Waals surface area contributed by atoms with Crippen molar-refractivity contribution in [2.24, 2.45) is 5.92 Å². The van der Waals surface area contributed by atoms with Crippen LogP contribution in [0, 0.1) is 12.8 Å². The normalized spacial score (nSPS) is 11.0. The minimum atomic E-state index is 0.523. The third-order valence-electron chi connectivity index (χ3n) is 3.47. The zero-order valence-corrected chi connectivity index (χ0v) is 14.0. The number of nitrogens with zero attached hydrogens (tertiary/aromatic N) is 1. The van der Waals surface area contributed by atoms with E-state index in [1.165, 1.54) is 5.56 Å². The number of aromatic nitrogens is 1. The van der Waals surface area contributed by atoms with Crippen molar-refractivity contribution in [1.82, 2.24) is 10.3 Å². The molecule has 0 unspecified atom stereocenters. The molecule has 1 N–H and O–H groups in total. The van der Waals surface area contributed by atoms with Crippen LogP contribution in [0.4, 0.5) is 0 Å². The van der Waals surface area contributed by atoms with E-state index in [9.17, 15) is 0 Å². The Labute approximate surface area is 133 Å². The molecule has 118 valence electrons. The van der Waals surface area contributed by atoms with E-state index in [4.69, 9.17) is 9.72 Å². The molecule has 0 bridgehead atoms. The van der Waals surface area contributed by atoms with Gasteiger partial charge in [0, 0.05) is 17.8 Å². The number of rotatable bonds is 7. The first-order valence-electron chi connectivity index (χ1n) is 8.00. The molecule has 3 heteroatoms. The number of ether oxygens (including phenoxy) is 1. The molecule has 0 saturated carbocycles. The van der Waals surface area contributed by atoms with Crippen molar-refractivity contribution in [3.05, 3.63) is 47.7 Å². The number of aryl methyl sites for hydroxylation is 1. The second-order valence-corrected chi connectivity index (χ2v) is 5.95. The highest BCUT2D eigenvalue weighted by Crippen LogP contribution is 2.23. The maximum atomic E-state index is 5.80. The number of hydrogen-bond acceptors (Lipinski definition) is 3. The molecule has 2 rings (SSSR count). The SMILES string of the molecule is CCNCc1ccc(-c2cccc(OCC(C)C)c2)nc1C. The Morgan fingerprint density at radius 2 is 2.00 bits per heavy atom. The van der Waals surface area contributed by atoms with Gasteiger partial charge in [-0.05, 0) is 43.1 Å². The second kappa shape index (κ2) is 7.95. The van der Waals surface area contributed by atoms with Crippen molar-refractivity contribution in [1.29, 1.82) is 0 Å². The van der Waals surface area contributed by atoms with Crippen molar-refractivity contribution >= 4 is 0 Å². The van der Waals surface area contributed by atoms with Crippen molar-refractivity contribution in [3.8, 4) is 17.0 Å². The smallest absolute Gasteiger partial charge is 0.119 e. The number of hydrogen-bond donors (Lipinski definition) is 1. The summed E-state index contributed by atoms with van der Waals surface area (Å²) in [5, 5.41) is 3.34. The molecule has 0 saturated heterocycles. The lowest BCUT2D eigenvalue weighted by molar-refractivity contribution is 0.271. The lowest BCUT2D eigenvalue weighted by atomic mass is 10.1. The standard InChI is InChI=1S/C19H26N2O/c1-5-20-12-17-9-10-19(21-15(17)4)16-7-6-8-18(11-16)22-13-14(2)3/h6-11,14,20H,5,12-13H2,1-4H3. The molecular weight excluding hydrogens is 272 g/mol. The largest absolute Gasteiger partial charge is 0.493 e. The van der Waals surface area contributed by atoms with Gasteiger partial charge in [-0.1, -0.05) is 39.0 Å². The van der Waals surface area contributed by atoms with Gasteiger partial charge in [-0.15, -0.1) is 0 Å². The highest BCUT2D eigenvalue weighted by Gasteiger charge is 2.05. The molecule has 1 aromatic carbocycles. The van der Waals surface area contributed by atoms with Crippen LogP contribution in [0.1, 0.15) is 32.0 Å². The highest BCUT2D eigenvalue weighted by atomic mass is 16.5. The third kappa shape index (κ3) is 4.57. The van der Waals surface area contributed by atoms with Crippen molar-refractivity contribution in [2.45, 2.75) is 34.2 Å². The van der Waals surface area contributed by atoms with E-state index in [1.54, 1.807) is 0 Å². The highest BCUT2D eigenvalue weighted by molar-refractivity contribution is 5.61. The summed E-state index contributed by atoms with van der Waals surface area (Å²) in [7, 11) is 0. The minimum absolute atomic E-state index is 0.523. The Kier molecular flexibility index (Phi) is 5.96. The summed E-state index contributed by atoms with van der Waals surface area (Å²) in [6.45, 7) is 11.0. The van der Waals surface area contributed by atoms with E-state index >= 15 is 0 Å². The van der Waals surface area contributed by atoms with Gasteiger partial charge in [0.25, 0.3) is 0 Å².